The van der Waals surface area contributed by atoms with Gasteiger partial charge in [-0.15, -0.1) is 0 Å². The minimum Gasteiger partial charge on any atom is -0.258 e. The molecule has 0 bridgehead atoms. The van der Waals surface area contributed by atoms with Gasteiger partial charge in [0.25, 0.3) is 5.69 Å². The smallest absolute Gasteiger partial charge is 0.258 e. The van der Waals surface area contributed by atoms with Crippen LogP contribution in [0, 0.1) is 23.1 Å². The molecule has 0 heterocycles. The predicted molar refractivity (Wildman–Crippen MR) is 41.7 cm³/mol. The zero-order valence-corrected chi connectivity index (χ0v) is 6.55. The summed E-state index contributed by atoms with van der Waals surface area (Å²) in [7, 11) is 0. The van der Waals surface area contributed by atoms with Crippen LogP contribution in [-0.2, 0) is 0 Å². The first kappa shape index (κ1) is 8.01. The van der Waals surface area contributed by atoms with E-state index in [0.29, 0.717) is 0 Å². The Bertz CT molecular complexity index is 278. The van der Waals surface area contributed by atoms with Crippen molar-refractivity contribution in [1.82, 2.24) is 0 Å². The minimum absolute atomic E-state index is 0.0880. The van der Waals surface area contributed by atoms with Crippen molar-refractivity contribution in [3.05, 3.63) is 38.9 Å². The Morgan fingerprint density at radius 3 is 2.73 bits per heavy atom. The maximum atomic E-state index is 10.2. The van der Waals surface area contributed by atoms with Gasteiger partial charge in [-0.25, -0.2) is 0 Å². The summed E-state index contributed by atoms with van der Waals surface area (Å²) in [5, 5.41) is 10.5. The van der Waals surface area contributed by atoms with E-state index in [4.69, 9.17) is 11.6 Å². The fraction of sp³-hybridized carbons (Fsp3) is 0.143. The second-order valence-electron chi connectivity index (χ2n) is 2.15. The summed E-state index contributed by atoms with van der Waals surface area (Å²) in [4.78, 5) is 9.71. The molecule has 0 unspecified atom stereocenters. The van der Waals surface area contributed by atoms with Gasteiger partial charge in [-0.3, -0.25) is 10.1 Å². The third kappa shape index (κ3) is 1.91. The lowest BCUT2D eigenvalue weighted by Gasteiger charge is -1.93. The maximum absolute atomic E-state index is 10.2. The number of hydrogen-bond acceptors (Lipinski definition) is 2. The summed E-state index contributed by atoms with van der Waals surface area (Å²) < 4.78 is 0. The molecule has 0 amide bonds. The number of nitro benzene ring substituents is 1. The standard InChI is InChI=1S/C7H5ClNO2/c1-5-2-6(8)4-7(3-5)9(10)11/h2-3H,1H3. The van der Waals surface area contributed by atoms with Gasteiger partial charge < -0.3 is 0 Å². The molecule has 1 aromatic rings. The molecule has 1 aromatic carbocycles. The van der Waals surface area contributed by atoms with Crippen LogP contribution in [0.2, 0.25) is 5.02 Å². The molecule has 0 aliphatic rings. The van der Waals surface area contributed by atoms with Gasteiger partial charge >= 0.3 is 0 Å². The van der Waals surface area contributed by atoms with Gasteiger partial charge in [-0.2, -0.15) is 0 Å². The van der Waals surface area contributed by atoms with Crippen LogP contribution in [-0.4, -0.2) is 4.92 Å². The quantitative estimate of drug-likeness (QED) is 0.480. The summed E-state index contributed by atoms with van der Waals surface area (Å²) in [6, 6.07) is 5.46. The third-order valence-electron chi connectivity index (χ3n) is 1.16. The van der Waals surface area contributed by atoms with Gasteiger partial charge in [0.2, 0.25) is 0 Å². The number of benzene rings is 1. The Morgan fingerprint density at radius 2 is 2.27 bits per heavy atom. The molecular weight excluding hydrogens is 166 g/mol. The largest absolute Gasteiger partial charge is 0.279 e. The van der Waals surface area contributed by atoms with Crippen molar-refractivity contribution in [2.45, 2.75) is 6.92 Å². The highest BCUT2D eigenvalue weighted by Crippen LogP contribution is 2.18. The Morgan fingerprint density at radius 1 is 1.64 bits per heavy atom. The van der Waals surface area contributed by atoms with Crippen LogP contribution in [0.15, 0.2) is 12.1 Å². The maximum Gasteiger partial charge on any atom is 0.279 e. The Labute approximate surface area is 68.8 Å². The molecule has 4 heteroatoms. The summed E-state index contributed by atoms with van der Waals surface area (Å²) in [5.74, 6) is 0. The van der Waals surface area contributed by atoms with Gasteiger partial charge in [0, 0.05) is 6.07 Å². The van der Waals surface area contributed by atoms with E-state index in [1.807, 2.05) is 0 Å². The highest BCUT2D eigenvalue weighted by molar-refractivity contribution is 6.30. The van der Waals surface area contributed by atoms with Crippen LogP contribution in [0.25, 0.3) is 0 Å². The predicted octanol–water partition coefficient (Wildman–Crippen LogP) is 2.36. The van der Waals surface area contributed by atoms with E-state index in [9.17, 15) is 10.1 Å². The highest BCUT2D eigenvalue weighted by atomic mass is 35.5. The molecule has 0 saturated carbocycles. The fourth-order valence-corrected chi connectivity index (χ4v) is 1.02. The molecule has 1 radical (unpaired) electrons. The van der Waals surface area contributed by atoms with E-state index in [1.54, 1.807) is 13.0 Å². The summed E-state index contributed by atoms with van der Waals surface area (Å²) in [6.07, 6.45) is 0. The zero-order chi connectivity index (χ0) is 8.43. The van der Waals surface area contributed by atoms with Crippen LogP contribution in [0.1, 0.15) is 5.56 Å². The molecule has 11 heavy (non-hydrogen) atoms. The lowest BCUT2D eigenvalue weighted by molar-refractivity contribution is -0.385. The van der Waals surface area contributed by atoms with Crippen molar-refractivity contribution in [2.24, 2.45) is 0 Å². The number of hydrogen-bond donors (Lipinski definition) is 0. The summed E-state index contributed by atoms with van der Waals surface area (Å²) in [5.41, 5.74) is 0.676. The number of nitro groups is 1. The first-order chi connectivity index (χ1) is 5.09. The molecule has 3 nitrogen and oxygen atoms in total. The van der Waals surface area contributed by atoms with Crippen molar-refractivity contribution in [3.63, 3.8) is 0 Å². The monoisotopic (exact) mass is 170 g/mol. The van der Waals surface area contributed by atoms with Crippen LogP contribution >= 0.6 is 11.6 Å². The normalized spacial score (nSPS) is 9.64. The first-order valence-corrected chi connectivity index (χ1v) is 3.31. The van der Waals surface area contributed by atoms with Gasteiger partial charge in [0.05, 0.1) is 16.0 Å². The first-order valence-electron chi connectivity index (χ1n) is 2.93. The SMILES string of the molecule is Cc1cc(Cl)[c]c([N+](=O)[O-])c1. The van der Waals surface area contributed by atoms with E-state index in [-0.39, 0.29) is 10.7 Å². The minimum atomic E-state index is -0.515. The van der Waals surface area contributed by atoms with Gasteiger partial charge in [0.1, 0.15) is 0 Å². The number of non-ortho nitro benzene ring substituents is 1. The summed E-state index contributed by atoms with van der Waals surface area (Å²) in [6.45, 7) is 1.74. The van der Waals surface area contributed by atoms with Crippen LogP contribution < -0.4 is 0 Å². The van der Waals surface area contributed by atoms with Gasteiger partial charge in [-0.05, 0) is 18.6 Å². The van der Waals surface area contributed by atoms with Crippen molar-refractivity contribution >= 4 is 17.3 Å². The Balaban J connectivity index is 3.19. The number of halogens is 1. The average Bonchev–Trinajstić information content (AvgIpc) is 1.85. The third-order valence-corrected chi connectivity index (χ3v) is 1.37. The van der Waals surface area contributed by atoms with Gasteiger partial charge in [0.15, 0.2) is 0 Å². The second kappa shape index (κ2) is 2.88. The molecule has 0 fully saturated rings. The highest BCUT2D eigenvalue weighted by Gasteiger charge is 2.06. The van der Waals surface area contributed by atoms with Crippen LogP contribution in [0.4, 0.5) is 5.69 Å². The zero-order valence-electron chi connectivity index (χ0n) is 5.80. The van der Waals surface area contributed by atoms with Crippen molar-refractivity contribution in [1.29, 1.82) is 0 Å². The van der Waals surface area contributed by atoms with E-state index in [2.05, 4.69) is 6.07 Å². The fourth-order valence-electron chi connectivity index (χ4n) is 0.750. The van der Waals surface area contributed by atoms with Gasteiger partial charge in [-0.1, -0.05) is 11.6 Å². The molecule has 0 atom stereocenters. The lowest BCUT2D eigenvalue weighted by atomic mass is 10.2. The Kier molecular flexibility index (Phi) is 2.10. The molecule has 57 valence electrons. The number of aryl methyl sites for hydroxylation is 1. The van der Waals surface area contributed by atoms with Crippen molar-refractivity contribution in [2.75, 3.05) is 0 Å². The average molecular weight is 171 g/mol. The Hall–Kier alpha value is -1.09. The van der Waals surface area contributed by atoms with E-state index in [1.165, 1.54) is 6.07 Å². The van der Waals surface area contributed by atoms with E-state index < -0.39 is 4.92 Å². The summed E-state index contributed by atoms with van der Waals surface area (Å²) >= 11 is 5.53. The number of nitrogens with zero attached hydrogens (tertiary/aromatic N) is 1. The van der Waals surface area contributed by atoms with Crippen LogP contribution in [0.5, 0.6) is 0 Å². The molecule has 0 aromatic heterocycles. The van der Waals surface area contributed by atoms with E-state index >= 15 is 0 Å². The molecule has 0 aliphatic carbocycles. The van der Waals surface area contributed by atoms with Crippen LogP contribution in [0.3, 0.4) is 0 Å². The molecule has 0 saturated heterocycles. The van der Waals surface area contributed by atoms with E-state index in [0.717, 1.165) is 5.56 Å². The molecule has 0 N–H and O–H groups in total. The molecular formula is C7H5ClNO2. The molecule has 0 aliphatic heterocycles. The van der Waals surface area contributed by atoms with Crippen molar-refractivity contribution < 1.29 is 4.92 Å². The molecule has 1 rings (SSSR count). The molecule has 0 spiro atoms. The second-order valence-corrected chi connectivity index (χ2v) is 2.56. The van der Waals surface area contributed by atoms with Crippen molar-refractivity contribution in [3.8, 4) is 0 Å². The topological polar surface area (TPSA) is 43.1 Å². The number of rotatable bonds is 1. The lowest BCUT2D eigenvalue weighted by Crippen LogP contribution is -1.88.